The summed E-state index contributed by atoms with van der Waals surface area (Å²) < 4.78 is 25.5. The predicted molar refractivity (Wildman–Crippen MR) is 48.0 cm³/mol. The zero-order valence-electron chi connectivity index (χ0n) is 7.37. The summed E-state index contributed by atoms with van der Waals surface area (Å²) in [6.45, 7) is 0. The molecule has 0 spiro atoms. The molecule has 76 valence electrons. The molecule has 0 aromatic heterocycles. The molecule has 1 aromatic rings. The highest BCUT2D eigenvalue weighted by molar-refractivity contribution is 5.92. The maximum atomic E-state index is 12.8. The second-order valence-corrected chi connectivity index (χ2v) is 2.62. The van der Waals surface area contributed by atoms with Crippen LogP contribution in [0, 0.1) is 23.0 Å². The van der Waals surface area contributed by atoms with E-state index in [0.29, 0.717) is 6.07 Å². The SMILES string of the molecule is N#CC=Cc1cc(F)c(F)cc1C(=O)O. The van der Waals surface area contributed by atoms with Crippen molar-refractivity contribution in [3.8, 4) is 6.07 Å². The summed E-state index contributed by atoms with van der Waals surface area (Å²) in [6, 6.07) is 2.93. The van der Waals surface area contributed by atoms with E-state index < -0.39 is 17.6 Å². The van der Waals surface area contributed by atoms with Gasteiger partial charge in [0.25, 0.3) is 0 Å². The van der Waals surface area contributed by atoms with Gasteiger partial charge in [-0.05, 0) is 23.8 Å². The normalized spacial score (nSPS) is 10.2. The molecular weight excluding hydrogens is 204 g/mol. The standard InChI is InChI=1S/C10H5F2NO2/c11-8-4-6(2-1-3-13)7(10(14)15)5-9(8)12/h1-2,4-5H,(H,14,15). The Morgan fingerprint density at radius 3 is 2.53 bits per heavy atom. The first-order valence-corrected chi connectivity index (χ1v) is 3.84. The number of allylic oxidation sites excluding steroid dienone is 1. The molecule has 3 nitrogen and oxygen atoms in total. The molecule has 15 heavy (non-hydrogen) atoms. The zero-order valence-corrected chi connectivity index (χ0v) is 7.37. The number of carboxylic acids is 1. The number of nitriles is 1. The molecule has 0 bridgehead atoms. The molecule has 0 aliphatic carbocycles. The molecule has 1 rings (SSSR count). The molecular formula is C10H5F2NO2. The number of nitrogens with zero attached hydrogens (tertiary/aromatic N) is 1. The van der Waals surface area contributed by atoms with Crippen molar-refractivity contribution in [3.05, 3.63) is 41.0 Å². The van der Waals surface area contributed by atoms with Gasteiger partial charge < -0.3 is 5.11 Å². The van der Waals surface area contributed by atoms with Gasteiger partial charge in [0.2, 0.25) is 0 Å². The van der Waals surface area contributed by atoms with E-state index >= 15 is 0 Å². The maximum Gasteiger partial charge on any atom is 0.336 e. The molecule has 0 amide bonds. The average molecular weight is 209 g/mol. The summed E-state index contributed by atoms with van der Waals surface area (Å²) in [6.07, 6.45) is 2.09. The topological polar surface area (TPSA) is 61.1 Å². The minimum absolute atomic E-state index is 0.0528. The Labute approximate surface area is 83.9 Å². The lowest BCUT2D eigenvalue weighted by Gasteiger charge is -2.01. The summed E-state index contributed by atoms with van der Waals surface area (Å²) in [7, 11) is 0. The number of hydrogen-bond donors (Lipinski definition) is 1. The fourth-order valence-electron chi connectivity index (χ4n) is 1.01. The number of rotatable bonds is 2. The molecule has 1 N–H and O–H groups in total. The monoisotopic (exact) mass is 209 g/mol. The van der Waals surface area contributed by atoms with Crippen molar-refractivity contribution in [1.82, 2.24) is 0 Å². The van der Waals surface area contributed by atoms with Crippen LogP contribution in [-0.4, -0.2) is 11.1 Å². The Kier molecular flexibility index (Phi) is 3.13. The summed E-state index contributed by atoms with van der Waals surface area (Å²) in [5.74, 6) is -3.77. The molecule has 0 atom stereocenters. The second-order valence-electron chi connectivity index (χ2n) is 2.62. The molecule has 0 radical (unpaired) electrons. The molecule has 5 heteroatoms. The largest absolute Gasteiger partial charge is 0.478 e. The van der Waals surface area contributed by atoms with Crippen LogP contribution >= 0.6 is 0 Å². The van der Waals surface area contributed by atoms with Gasteiger partial charge in [-0.15, -0.1) is 0 Å². The van der Waals surface area contributed by atoms with Crippen LogP contribution in [0.4, 0.5) is 8.78 Å². The van der Waals surface area contributed by atoms with Gasteiger partial charge in [-0.25, -0.2) is 13.6 Å². The molecule has 0 saturated heterocycles. The third kappa shape index (κ3) is 2.38. The van der Waals surface area contributed by atoms with E-state index in [0.717, 1.165) is 18.2 Å². The van der Waals surface area contributed by atoms with Crippen molar-refractivity contribution in [2.45, 2.75) is 0 Å². The number of halogens is 2. The Bertz CT molecular complexity index is 475. The number of aromatic carboxylic acids is 1. The first kappa shape index (κ1) is 10.9. The van der Waals surface area contributed by atoms with Crippen LogP contribution in [0.15, 0.2) is 18.2 Å². The van der Waals surface area contributed by atoms with E-state index in [1.54, 1.807) is 6.07 Å². The van der Waals surface area contributed by atoms with Crippen LogP contribution in [0.25, 0.3) is 6.08 Å². The van der Waals surface area contributed by atoms with Crippen LogP contribution in [0.1, 0.15) is 15.9 Å². The Balaban J connectivity index is 3.36. The van der Waals surface area contributed by atoms with Gasteiger partial charge in [-0.1, -0.05) is 0 Å². The lowest BCUT2D eigenvalue weighted by Crippen LogP contribution is -2.02. The highest BCUT2D eigenvalue weighted by atomic mass is 19.2. The zero-order chi connectivity index (χ0) is 11.4. The Hall–Kier alpha value is -2.22. The number of carbonyl (C=O) groups is 1. The van der Waals surface area contributed by atoms with Crippen molar-refractivity contribution in [2.75, 3.05) is 0 Å². The van der Waals surface area contributed by atoms with Crippen molar-refractivity contribution >= 4 is 12.0 Å². The van der Waals surface area contributed by atoms with Crippen molar-refractivity contribution in [2.24, 2.45) is 0 Å². The summed E-state index contributed by atoms with van der Waals surface area (Å²) >= 11 is 0. The minimum atomic E-state index is -1.38. The van der Waals surface area contributed by atoms with E-state index in [4.69, 9.17) is 10.4 Å². The third-order valence-corrected chi connectivity index (χ3v) is 1.66. The number of carboxylic acid groups (broad SMARTS) is 1. The van der Waals surface area contributed by atoms with Crippen LogP contribution in [-0.2, 0) is 0 Å². The van der Waals surface area contributed by atoms with Crippen LogP contribution in [0.5, 0.6) is 0 Å². The van der Waals surface area contributed by atoms with Crippen LogP contribution < -0.4 is 0 Å². The Morgan fingerprint density at radius 1 is 1.40 bits per heavy atom. The summed E-state index contributed by atoms with van der Waals surface area (Å²) in [5, 5.41) is 16.9. The van der Waals surface area contributed by atoms with E-state index in [-0.39, 0.29) is 11.1 Å². The van der Waals surface area contributed by atoms with Gasteiger partial charge in [-0.2, -0.15) is 5.26 Å². The minimum Gasteiger partial charge on any atom is -0.478 e. The Morgan fingerprint density at radius 2 is 2.00 bits per heavy atom. The molecule has 0 heterocycles. The fraction of sp³-hybridized carbons (Fsp3) is 0. The predicted octanol–water partition coefficient (Wildman–Crippen LogP) is 2.20. The molecule has 0 fully saturated rings. The maximum absolute atomic E-state index is 12.8. The fourth-order valence-corrected chi connectivity index (χ4v) is 1.01. The van der Waals surface area contributed by atoms with Crippen LogP contribution in [0.2, 0.25) is 0 Å². The average Bonchev–Trinajstić information content (AvgIpc) is 2.19. The van der Waals surface area contributed by atoms with E-state index in [1.807, 2.05) is 0 Å². The highest BCUT2D eigenvalue weighted by Crippen LogP contribution is 2.16. The second kappa shape index (κ2) is 4.33. The first-order valence-electron chi connectivity index (χ1n) is 3.84. The smallest absolute Gasteiger partial charge is 0.336 e. The van der Waals surface area contributed by atoms with Crippen LogP contribution in [0.3, 0.4) is 0 Å². The molecule has 0 unspecified atom stereocenters. The van der Waals surface area contributed by atoms with E-state index in [2.05, 4.69) is 0 Å². The van der Waals surface area contributed by atoms with Gasteiger partial charge in [-0.3, -0.25) is 0 Å². The lowest BCUT2D eigenvalue weighted by atomic mass is 10.1. The van der Waals surface area contributed by atoms with E-state index in [9.17, 15) is 13.6 Å². The lowest BCUT2D eigenvalue weighted by molar-refractivity contribution is 0.0696. The van der Waals surface area contributed by atoms with Gasteiger partial charge >= 0.3 is 5.97 Å². The van der Waals surface area contributed by atoms with Gasteiger partial charge in [0.05, 0.1) is 11.6 Å². The van der Waals surface area contributed by atoms with Crippen molar-refractivity contribution in [3.63, 3.8) is 0 Å². The number of hydrogen-bond acceptors (Lipinski definition) is 2. The highest BCUT2D eigenvalue weighted by Gasteiger charge is 2.13. The van der Waals surface area contributed by atoms with Gasteiger partial charge in [0, 0.05) is 6.08 Å². The summed E-state index contributed by atoms with van der Waals surface area (Å²) in [4.78, 5) is 10.6. The first-order chi connectivity index (χ1) is 7.06. The molecule has 0 saturated carbocycles. The van der Waals surface area contributed by atoms with Gasteiger partial charge in [0.15, 0.2) is 11.6 Å². The molecule has 1 aromatic carbocycles. The quantitative estimate of drug-likeness (QED) is 0.759. The van der Waals surface area contributed by atoms with Crippen molar-refractivity contribution < 1.29 is 18.7 Å². The third-order valence-electron chi connectivity index (χ3n) is 1.66. The van der Waals surface area contributed by atoms with Crippen molar-refractivity contribution in [1.29, 1.82) is 5.26 Å². The van der Waals surface area contributed by atoms with E-state index in [1.165, 1.54) is 0 Å². The molecule has 0 aliphatic heterocycles. The van der Waals surface area contributed by atoms with Gasteiger partial charge in [0.1, 0.15) is 0 Å². The number of benzene rings is 1. The summed E-state index contributed by atoms with van der Waals surface area (Å²) in [5.41, 5.74) is -0.441. The molecule has 0 aliphatic rings.